The Morgan fingerprint density at radius 2 is 1.19 bits per heavy atom. The smallest absolute Gasteiger partial charge is 0.323 e. The number of benzene rings is 5. The summed E-state index contributed by atoms with van der Waals surface area (Å²) in [5.41, 5.74) is 8.87. The lowest BCUT2D eigenvalue weighted by Gasteiger charge is -2.25. The van der Waals surface area contributed by atoms with Gasteiger partial charge in [-0.1, -0.05) is 90.6 Å². The number of thioether (sulfide) groups is 1. The van der Waals surface area contributed by atoms with Gasteiger partial charge in [-0.2, -0.15) is 5.10 Å². The van der Waals surface area contributed by atoms with Crippen molar-refractivity contribution in [1.29, 1.82) is 0 Å². The number of hydrogen-bond donors (Lipinski definition) is 1. The van der Waals surface area contributed by atoms with Crippen molar-refractivity contribution in [1.82, 2.24) is 4.90 Å². The SMILES string of the molecule is CS/C(=C\c1ccc(N(/N=C/c2ccc(N(c3ccccc3)c3ccc(C)cc3)cc2)c2ccccc2)cc1)C(=O)N(C=S)CC(=O)O. The number of amides is 1. The van der Waals surface area contributed by atoms with Gasteiger partial charge in [-0.05, 0) is 91.0 Å². The second kappa shape index (κ2) is 16.4. The number of anilines is 5. The molecule has 7 nitrogen and oxygen atoms in total. The molecule has 0 aliphatic rings. The Labute approximate surface area is 290 Å². The van der Waals surface area contributed by atoms with Gasteiger partial charge in [-0.25, -0.2) is 5.01 Å². The van der Waals surface area contributed by atoms with Crippen molar-refractivity contribution in [3.63, 3.8) is 0 Å². The first-order valence-electron chi connectivity index (χ1n) is 15.1. The Bertz CT molecular complexity index is 1900. The molecule has 0 bridgehead atoms. The highest BCUT2D eigenvalue weighted by molar-refractivity contribution is 8.03. The minimum Gasteiger partial charge on any atom is -0.480 e. The summed E-state index contributed by atoms with van der Waals surface area (Å²) in [5, 5.41) is 15.9. The molecule has 0 fully saturated rings. The van der Waals surface area contributed by atoms with E-state index in [0.717, 1.165) is 50.0 Å². The molecule has 0 aromatic heterocycles. The molecule has 240 valence electrons. The van der Waals surface area contributed by atoms with Gasteiger partial charge in [0.15, 0.2) is 0 Å². The largest absolute Gasteiger partial charge is 0.480 e. The molecule has 0 saturated heterocycles. The molecule has 5 aromatic rings. The van der Waals surface area contributed by atoms with E-state index in [4.69, 9.17) is 22.4 Å². The summed E-state index contributed by atoms with van der Waals surface area (Å²) in [5.74, 6) is -1.60. The van der Waals surface area contributed by atoms with Crippen LogP contribution in [0.5, 0.6) is 0 Å². The maximum atomic E-state index is 12.9. The number of carboxylic acids is 1. The molecule has 5 aromatic carbocycles. The topological polar surface area (TPSA) is 76.5 Å². The molecule has 0 saturated carbocycles. The lowest BCUT2D eigenvalue weighted by Crippen LogP contribution is -2.34. The maximum Gasteiger partial charge on any atom is 0.323 e. The van der Waals surface area contributed by atoms with Crippen LogP contribution in [-0.4, -0.2) is 46.4 Å². The maximum absolute atomic E-state index is 12.9. The standard InChI is InChI=1S/C39H34N4O3S2/c1-29-13-19-33(20-14-29)42(32-9-5-3-6-10-32)34-21-17-31(18-22-34)26-40-43(35-11-7-4-8-12-35)36-23-15-30(16-24-36)25-37(48-2)39(46)41(28-47)27-38(44)45/h3-26,28H,27H2,1-2H3,(H,44,45)/b37-25-,40-26+. The Hall–Kier alpha value is -5.51. The fourth-order valence-corrected chi connectivity index (χ4v) is 5.63. The molecule has 0 aliphatic heterocycles. The molecule has 0 spiro atoms. The number of aryl methyl sites for hydroxylation is 1. The molecule has 1 N–H and O–H groups in total. The van der Waals surface area contributed by atoms with Crippen LogP contribution >= 0.6 is 24.0 Å². The minimum absolute atomic E-state index is 0.375. The third-order valence-corrected chi connectivity index (χ3v) is 8.33. The second-order valence-corrected chi connectivity index (χ2v) is 11.8. The van der Waals surface area contributed by atoms with Gasteiger partial charge in [-0.3, -0.25) is 14.5 Å². The highest BCUT2D eigenvalue weighted by Crippen LogP contribution is 2.34. The molecule has 0 unspecified atom stereocenters. The first-order chi connectivity index (χ1) is 23.4. The molecular formula is C39H34N4O3S2. The molecular weight excluding hydrogens is 637 g/mol. The zero-order chi connectivity index (χ0) is 33.9. The van der Waals surface area contributed by atoms with Crippen LogP contribution in [0.4, 0.5) is 28.4 Å². The zero-order valence-electron chi connectivity index (χ0n) is 26.5. The van der Waals surface area contributed by atoms with Gasteiger partial charge in [-0.15, -0.1) is 11.8 Å². The van der Waals surface area contributed by atoms with E-state index in [1.807, 2.05) is 84.0 Å². The van der Waals surface area contributed by atoms with Crippen LogP contribution in [0.2, 0.25) is 0 Å². The summed E-state index contributed by atoms with van der Waals surface area (Å²) in [6.07, 6.45) is 5.31. The van der Waals surface area contributed by atoms with Crippen molar-refractivity contribution in [2.45, 2.75) is 6.92 Å². The van der Waals surface area contributed by atoms with Gasteiger partial charge in [0.25, 0.3) is 5.91 Å². The van der Waals surface area contributed by atoms with Crippen molar-refractivity contribution in [2.24, 2.45) is 5.10 Å². The molecule has 0 radical (unpaired) electrons. The first kappa shape index (κ1) is 33.8. The van der Waals surface area contributed by atoms with Gasteiger partial charge >= 0.3 is 5.97 Å². The monoisotopic (exact) mass is 670 g/mol. The van der Waals surface area contributed by atoms with Crippen molar-refractivity contribution in [3.05, 3.63) is 155 Å². The van der Waals surface area contributed by atoms with E-state index in [2.05, 4.69) is 72.5 Å². The molecule has 48 heavy (non-hydrogen) atoms. The average Bonchev–Trinajstić information content (AvgIpc) is 3.12. The van der Waals surface area contributed by atoms with E-state index in [0.29, 0.717) is 4.91 Å². The number of nitrogens with zero attached hydrogens (tertiary/aromatic N) is 4. The summed E-state index contributed by atoms with van der Waals surface area (Å²) in [7, 11) is 0. The van der Waals surface area contributed by atoms with Gasteiger partial charge in [0.05, 0.1) is 28.0 Å². The average molecular weight is 671 g/mol. The molecule has 0 heterocycles. The highest BCUT2D eigenvalue weighted by Gasteiger charge is 2.19. The van der Waals surface area contributed by atoms with Crippen LogP contribution < -0.4 is 9.91 Å². The fraction of sp³-hybridized carbons (Fsp3) is 0.0769. The van der Waals surface area contributed by atoms with E-state index in [1.54, 1.807) is 12.3 Å². The van der Waals surface area contributed by atoms with Crippen LogP contribution in [0.25, 0.3) is 6.08 Å². The summed E-state index contributed by atoms with van der Waals surface area (Å²) in [6, 6.07) is 44.6. The molecule has 0 atom stereocenters. The van der Waals surface area contributed by atoms with Gasteiger partial charge in [0.2, 0.25) is 0 Å². The van der Waals surface area contributed by atoms with Crippen molar-refractivity contribution < 1.29 is 14.7 Å². The van der Waals surface area contributed by atoms with Crippen molar-refractivity contribution in [3.8, 4) is 0 Å². The van der Waals surface area contributed by atoms with E-state index in [9.17, 15) is 9.59 Å². The number of carbonyl (C=O) groups is 2. The number of rotatable bonds is 13. The number of para-hydroxylation sites is 2. The Balaban J connectivity index is 1.40. The lowest BCUT2D eigenvalue weighted by atomic mass is 10.1. The number of hydrogen-bond acceptors (Lipinski definition) is 7. The number of thiocarbonyl (C=S) groups is 1. The van der Waals surface area contributed by atoms with Crippen molar-refractivity contribution >= 4 is 82.1 Å². The molecule has 1 amide bonds. The van der Waals surface area contributed by atoms with Crippen molar-refractivity contribution in [2.75, 3.05) is 22.7 Å². The summed E-state index contributed by atoms with van der Waals surface area (Å²) < 4.78 is 0. The summed E-state index contributed by atoms with van der Waals surface area (Å²) >= 11 is 6.10. The summed E-state index contributed by atoms with van der Waals surface area (Å²) in [4.78, 5) is 27.7. The number of hydrazone groups is 1. The Morgan fingerprint density at radius 1 is 0.708 bits per heavy atom. The van der Waals surface area contributed by atoms with Gasteiger partial charge in [0, 0.05) is 17.1 Å². The summed E-state index contributed by atoms with van der Waals surface area (Å²) in [6.45, 7) is 1.59. The zero-order valence-corrected chi connectivity index (χ0v) is 28.1. The van der Waals surface area contributed by atoms with E-state index >= 15 is 0 Å². The van der Waals surface area contributed by atoms with E-state index < -0.39 is 18.4 Å². The lowest BCUT2D eigenvalue weighted by molar-refractivity contribution is -0.140. The third kappa shape index (κ3) is 8.64. The number of carboxylic acid groups (broad SMARTS) is 1. The predicted molar refractivity (Wildman–Crippen MR) is 203 cm³/mol. The highest BCUT2D eigenvalue weighted by atomic mass is 32.2. The minimum atomic E-state index is -1.14. The Morgan fingerprint density at radius 3 is 1.73 bits per heavy atom. The third-order valence-electron chi connectivity index (χ3n) is 7.34. The number of aliphatic carboxylic acids is 1. The van der Waals surface area contributed by atoms with E-state index in [1.165, 1.54) is 17.3 Å². The van der Waals surface area contributed by atoms with Crippen LogP contribution in [0.15, 0.2) is 143 Å². The van der Waals surface area contributed by atoms with E-state index in [-0.39, 0.29) is 0 Å². The fourth-order valence-electron chi connectivity index (χ4n) is 4.92. The van der Waals surface area contributed by atoms with Crippen LogP contribution in [0.1, 0.15) is 16.7 Å². The van der Waals surface area contributed by atoms with Crippen LogP contribution in [0, 0.1) is 6.92 Å². The molecule has 0 aliphatic carbocycles. The second-order valence-electron chi connectivity index (χ2n) is 10.7. The van der Waals surface area contributed by atoms with Crippen LogP contribution in [-0.2, 0) is 9.59 Å². The Kier molecular flexibility index (Phi) is 11.5. The first-order valence-corrected chi connectivity index (χ1v) is 16.8. The number of carbonyl (C=O) groups excluding carboxylic acids is 1. The quantitative estimate of drug-likeness (QED) is 0.0579. The molecule has 5 rings (SSSR count). The normalized spacial score (nSPS) is 11.2. The van der Waals surface area contributed by atoms with Gasteiger partial charge in [0.1, 0.15) is 6.54 Å². The van der Waals surface area contributed by atoms with Crippen LogP contribution in [0.3, 0.4) is 0 Å². The van der Waals surface area contributed by atoms with Gasteiger partial charge < -0.3 is 10.0 Å². The molecule has 9 heteroatoms. The predicted octanol–water partition coefficient (Wildman–Crippen LogP) is 9.21.